The van der Waals surface area contributed by atoms with E-state index in [2.05, 4.69) is 9.97 Å². The van der Waals surface area contributed by atoms with Gasteiger partial charge in [-0.3, -0.25) is 9.59 Å². The van der Waals surface area contributed by atoms with Gasteiger partial charge in [0.1, 0.15) is 5.82 Å². The number of nitrogens with zero attached hydrogens (tertiary/aromatic N) is 4. The second-order valence-corrected chi connectivity index (χ2v) is 8.57. The zero-order chi connectivity index (χ0) is 22.7. The summed E-state index contributed by atoms with van der Waals surface area (Å²) in [4.78, 5) is 37.1. The van der Waals surface area contributed by atoms with Crippen LogP contribution in [0.1, 0.15) is 24.1 Å². The first-order chi connectivity index (χ1) is 15.5. The van der Waals surface area contributed by atoms with Crippen LogP contribution in [-0.4, -0.2) is 38.1 Å². The Balaban J connectivity index is 1.65. The summed E-state index contributed by atoms with van der Waals surface area (Å²) >= 11 is 1.24. The molecular weight excluding hydrogens is 420 g/mol. The molecule has 32 heavy (non-hydrogen) atoms. The quantitative estimate of drug-likeness (QED) is 0.326. The van der Waals surface area contributed by atoms with E-state index in [4.69, 9.17) is 0 Å². The highest BCUT2D eigenvalue weighted by Gasteiger charge is 2.20. The second-order valence-electron chi connectivity index (χ2n) is 7.63. The smallest absolute Gasteiger partial charge is 0.267 e. The average Bonchev–Trinajstić information content (AvgIpc) is 2.83. The summed E-state index contributed by atoms with van der Waals surface area (Å²) in [5.41, 5.74) is 2.46. The Labute approximate surface area is 190 Å². The minimum Gasteiger partial charge on any atom is -0.338 e. The van der Waals surface area contributed by atoms with Crippen molar-refractivity contribution in [2.24, 2.45) is 0 Å². The van der Waals surface area contributed by atoms with Crippen LogP contribution in [0.25, 0.3) is 16.7 Å². The molecule has 162 valence electrons. The number of benzene rings is 2. The average molecular weight is 445 g/mol. The summed E-state index contributed by atoms with van der Waals surface area (Å²) < 4.78 is 1.49. The van der Waals surface area contributed by atoms with Crippen molar-refractivity contribution in [3.8, 4) is 5.82 Å². The van der Waals surface area contributed by atoms with Gasteiger partial charge >= 0.3 is 0 Å². The predicted molar refractivity (Wildman–Crippen MR) is 128 cm³/mol. The fraction of sp³-hybridized carbons (Fsp3) is 0.200. The number of para-hydroxylation sites is 1. The molecule has 0 spiro atoms. The minimum absolute atomic E-state index is 0.0443. The first-order valence-electron chi connectivity index (χ1n) is 10.3. The van der Waals surface area contributed by atoms with Crippen molar-refractivity contribution < 1.29 is 4.79 Å². The van der Waals surface area contributed by atoms with E-state index in [1.807, 2.05) is 62.4 Å². The van der Waals surface area contributed by atoms with Crippen molar-refractivity contribution in [1.82, 2.24) is 19.4 Å². The Morgan fingerprint density at radius 3 is 2.50 bits per heavy atom. The maximum absolute atomic E-state index is 13.3. The highest BCUT2D eigenvalue weighted by molar-refractivity contribution is 7.99. The number of aryl methyl sites for hydroxylation is 1. The highest BCUT2D eigenvalue weighted by Crippen LogP contribution is 2.23. The molecule has 0 aliphatic carbocycles. The van der Waals surface area contributed by atoms with Crippen molar-refractivity contribution in [3.05, 3.63) is 94.4 Å². The van der Waals surface area contributed by atoms with Gasteiger partial charge in [-0.1, -0.05) is 60.3 Å². The Bertz CT molecular complexity index is 1300. The van der Waals surface area contributed by atoms with Crippen molar-refractivity contribution in [2.75, 3.05) is 12.8 Å². The molecule has 6 nitrogen and oxygen atoms in total. The third kappa shape index (κ3) is 4.43. The molecule has 0 radical (unpaired) electrons. The van der Waals surface area contributed by atoms with Gasteiger partial charge in [0.25, 0.3) is 5.56 Å². The molecular formula is C25H24N4O2S. The molecule has 2 aromatic heterocycles. The Morgan fingerprint density at radius 2 is 1.78 bits per heavy atom. The van der Waals surface area contributed by atoms with Gasteiger partial charge in [0, 0.05) is 13.2 Å². The van der Waals surface area contributed by atoms with Gasteiger partial charge in [0.05, 0.1) is 22.7 Å². The number of carbonyl (C=O) groups is 1. The van der Waals surface area contributed by atoms with E-state index < -0.39 is 0 Å². The molecule has 1 atom stereocenters. The fourth-order valence-corrected chi connectivity index (χ4v) is 4.33. The molecule has 2 aromatic carbocycles. The van der Waals surface area contributed by atoms with Crippen LogP contribution in [0.5, 0.6) is 0 Å². The molecule has 4 aromatic rings. The van der Waals surface area contributed by atoms with Crippen molar-refractivity contribution in [1.29, 1.82) is 0 Å². The topological polar surface area (TPSA) is 68.1 Å². The molecule has 0 saturated heterocycles. The van der Waals surface area contributed by atoms with Crippen molar-refractivity contribution in [2.45, 2.75) is 25.0 Å². The lowest BCUT2D eigenvalue weighted by atomic mass is 10.1. The molecule has 0 bridgehead atoms. The van der Waals surface area contributed by atoms with E-state index in [1.165, 1.54) is 16.3 Å². The summed E-state index contributed by atoms with van der Waals surface area (Å²) in [6.07, 6.45) is 1.71. The molecule has 0 aliphatic heterocycles. The molecule has 7 heteroatoms. The number of hydrogen-bond acceptors (Lipinski definition) is 5. The largest absolute Gasteiger partial charge is 0.338 e. The number of aromatic nitrogens is 3. The van der Waals surface area contributed by atoms with Gasteiger partial charge < -0.3 is 4.90 Å². The lowest BCUT2D eigenvalue weighted by molar-refractivity contribution is -0.128. The molecule has 1 amide bonds. The maximum Gasteiger partial charge on any atom is 0.267 e. The van der Waals surface area contributed by atoms with Crippen LogP contribution in [0.3, 0.4) is 0 Å². The molecule has 0 saturated carbocycles. The van der Waals surface area contributed by atoms with Gasteiger partial charge in [0.2, 0.25) is 5.91 Å². The van der Waals surface area contributed by atoms with Crippen LogP contribution in [0, 0.1) is 6.92 Å². The monoisotopic (exact) mass is 444 g/mol. The normalized spacial score (nSPS) is 12.0. The predicted octanol–water partition coefficient (Wildman–Crippen LogP) is 4.40. The number of carbonyl (C=O) groups excluding carboxylic acids is 1. The van der Waals surface area contributed by atoms with E-state index in [1.54, 1.807) is 36.3 Å². The fourth-order valence-electron chi connectivity index (χ4n) is 3.40. The van der Waals surface area contributed by atoms with Gasteiger partial charge in [-0.25, -0.2) is 14.5 Å². The van der Waals surface area contributed by atoms with Crippen LogP contribution in [0.2, 0.25) is 0 Å². The summed E-state index contributed by atoms with van der Waals surface area (Å²) in [6.45, 7) is 3.94. The Morgan fingerprint density at radius 1 is 1.06 bits per heavy atom. The van der Waals surface area contributed by atoms with Crippen LogP contribution < -0.4 is 5.56 Å². The number of fused-ring (bicyclic) bond motifs is 1. The van der Waals surface area contributed by atoms with E-state index in [0.717, 1.165) is 11.1 Å². The molecule has 0 N–H and O–H groups in total. The molecule has 0 fully saturated rings. The Hall–Kier alpha value is -3.45. The number of thioether (sulfide) groups is 1. The van der Waals surface area contributed by atoms with Crippen molar-refractivity contribution in [3.63, 3.8) is 0 Å². The van der Waals surface area contributed by atoms with E-state index in [-0.39, 0.29) is 23.3 Å². The van der Waals surface area contributed by atoms with Crippen LogP contribution in [-0.2, 0) is 4.79 Å². The summed E-state index contributed by atoms with van der Waals surface area (Å²) in [5.74, 6) is 0.599. The standard InChI is InChI=1S/C25H24N4O2S/c1-17-13-14-22(26-15-17)29-24(31)20-11-7-8-12-21(20)27-25(29)32-16-23(30)28(3)18(2)19-9-5-4-6-10-19/h4-15,18H,16H2,1-3H3. The number of amides is 1. The molecule has 1 unspecified atom stereocenters. The lowest BCUT2D eigenvalue weighted by Crippen LogP contribution is -2.31. The van der Waals surface area contributed by atoms with Crippen molar-refractivity contribution >= 4 is 28.6 Å². The number of pyridine rings is 1. The van der Waals surface area contributed by atoms with Gasteiger partial charge in [0.15, 0.2) is 5.16 Å². The number of rotatable bonds is 6. The third-order valence-corrected chi connectivity index (χ3v) is 6.37. The SMILES string of the molecule is Cc1ccc(-n2c(SCC(=O)N(C)C(C)c3ccccc3)nc3ccccc3c2=O)nc1. The summed E-state index contributed by atoms with van der Waals surface area (Å²) in [7, 11) is 1.79. The van der Waals surface area contributed by atoms with Gasteiger partial charge in [-0.05, 0) is 43.2 Å². The van der Waals surface area contributed by atoms with E-state index in [0.29, 0.717) is 21.9 Å². The van der Waals surface area contributed by atoms with E-state index >= 15 is 0 Å². The van der Waals surface area contributed by atoms with Crippen LogP contribution >= 0.6 is 11.8 Å². The molecule has 0 aliphatic rings. The zero-order valence-corrected chi connectivity index (χ0v) is 19.0. The zero-order valence-electron chi connectivity index (χ0n) is 18.2. The Kier molecular flexibility index (Phi) is 6.37. The van der Waals surface area contributed by atoms with Gasteiger partial charge in [-0.15, -0.1) is 0 Å². The second kappa shape index (κ2) is 9.36. The van der Waals surface area contributed by atoms with Crippen LogP contribution in [0.15, 0.2) is 82.9 Å². The minimum atomic E-state index is -0.201. The molecule has 4 rings (SSSR count). The van der Waals surface area contributed by atoms with E-state index in [9.17, 15) is 9.59 Å². The summed E-state index contributed by atoms with van der Waals surface area (Å²) in [5, 5.41) is 0.958. The van der Waals surface area contributed by atoms with Crippen LogP contribution in [0.4, 0.5) is 0 Å². The van der Waals surface area contributed by atoms with Gasteiger partial charge in [-0.2, -0.15) is 0 Å². The maximum atomic E-state index is 13.3. The molecule has 2 heterocycles. The lowest BCUT2D eigenvalue weighted by Gasteiger charge is -2.25. The highest BCUT2D eigenvalue weighted by atomic mass is 32.2. The number of hydrogen-bond donors (Lipinski definition) is 0. The first kappa shape index (κ1) is 21.8. The summed E-state index contributed by atoms with van der Waals surface area (Å²) in [6, 6.07) is 20.8. The first-order valence-corrected chi connectivity index (χ1v) is 11.3. The third-order valence-electron chi connectivity index (χ3n) is 5.45.